The van der Waals surface area contributed by atoms with Gasteiger partial charge in [0.2, 0.25) is 0 Å². The van der Waals surface area contributed by atoms with Gasteiger partial charge in [-0.05, 0) is 38.1 Å². The van der Waals surface area contributed by atoms with Crippen LogP contribution in [0.2, 0.25) is 0 Å². The summed E-state index contributed by atoms with van der Waals surface area (Å²) in [7, 11) is 0. The molecule has 2 aliphatic rings. The van der Waals surface area contributed by atoms with Gasteiger partial charge >= 0.3 is 0 Å². The van der Waals surface area contributed by atoms with Crippen molar-refractivity contribution in [3.63, 3.8) is 0 Å². The summed E-state index contributed by atoms with van der Waals surface area (Å²) in [6, 6.07) is 1.56. The van der Waals surface area contributed by atoms with Crippen molar-refractivity contribution in [2.24, 2.45) is 11.7 Å². The van der Waals surface area contributed by atoms with Gasteiger partial charge in [-0.1, -0.05) is 26.2 Å². The van der Waals surface area contributed by atoms with Crippen molar-refractivity contribution in [2.75, 3.05) is 13.1 Å². The predicted molar refractivity (Wildman–Crippen MR) is 64.8 cm³/mol. The molecule has 0 bridgehead atoms. The molecule has 1 heterocycles. The van der Waals surface area contributed by atoms with E-state index in [4.69, 9.17) is 5.73 Å². The molecule has 0 radical (unpaired) electrons. The number of nitrogens with two attached hydrogens (primary N) is 1. The van der Waals surface area contributed by atoms with Crippen LogP contribution >= 0.6 is 0 Å². The van der Waals surface area contributed by atoms with Crippen molar-refractivity contribution in [1.82, 2.24) is 4.90 Å². The van der Waals surface area contributed by atoms with Gasteiger partial charge in [0.15, 0.2) is 0 Å². The molecular formula is C13H26N2. The lowest BCUT2D eigenvalue weighted by Gasteiger charge is -2.42. The van der Waals surface area contributed by atoms with Crippen LogP contribution in [0, 0.1) is 5.92 Å². The molecule has 2 heteroatoms. The zero-order valence-electron chi connectivity index (χ0n) is 10.1. The summed E-state index contributed by atoms with van der Waals surface area (Å²) >= 11 is 0. The Bertz CT molecular complexity index is 187. The SMILES string of the molecule is CCC1CCN(C2CCCC2)C(CN)C1. The van der Waals surface area contributed by atoms with Gasteiger partial charge in [-0.3, -0.25) is 4.90 Å². The van der Waals surface area contributed by atoms with Gasteiger partial charge in [0.1, 0.15) is 0 Å². The highest BCUT2D eigenvalue weighted by Gasteiger charge is 2.32. The molecule has 88 valence electrons. The van der Waals surface area contributed by atoms with Crippen LogP contribution in [0.25, 0.3) is 0 Å². The summed E-state index contributed by atoms with van der Waals surface area (Å²) in [4.78, 5) is 2.74. The Hall–Kier alpha value is -0.0800. The van der Waals surface area contributed by atoms with E-state index < -0.39 is 0 Å². The van der Waals surface area contributed by atoms with Crippen molar-refractivity contribution >= 4 is 0 Å². The molecule has 2 atom stereocenters. The lowest BCUT2D eigenvalue weighted by molar-refractivity contribution is 0.0727. The first-order chi connectivity index (χ1) is 7.35. The van der Waals surface area contributed by atoms with E-state index in [1.54, 1.807) is 0 Å². The van der Waals surface area contributed by atoms with Gasteiger partial charge in [0.05, 0.1) is 0 Å². The van der Waals surface area contributed by atoms with Gasteiger partial charge in [-0.15, -0.1) is 0 Å². The van der Waals surface area contributed by atoms with Crippen LogP contribution in [0.15, 0.2) is 0 Å². The molecule has 2 unspecified atom stereocenters. The Morgan fingerprint density at radius 1 is 1.20 bits per heavy atom. The van der Waals surface area contributed by atoms with Gasteiger partial charge in [-0.2, -0.15) is 0 Å². The second-order valence-electron chi connectivity index (χ2n) is 5.36. The normalized spacial score (nSPS) is 34.8. The van der Waals surface area contributed by atoms with E-state index in [1.165, 1.54) is 51.5 Å². The summed E-state index contributed by atoms with van der Waals surface area (Å²) in [5.74, 6) is 0.941. The molecule has 0 amide bonds. The number of rotatable bonds is 3. The number of likely N-dealkylation sites (tertiary alicyclic amines) is 1. The maximum absolute atomic E-state index is 5.94. The molecule has 0 aromatic heterocycles. The van der Waals surface area contributed by atoms with Crippen molar-refractivity contribution < 1.29 is 0 Å². The largest absolute Gasteiger partial charge is 0.329 e. The molecule has 0 spiro atoms. The lowest BCUT2D eigenvalue weighted by Crippen LogP contribution is -2.50. The second kappa shape index (κ2) is 5.31. The smallest absolute Gasteiger partial charge is 0.0223 e. The molecule has 1 aliphatic heterocycles. The zero-order valence-corrected chi connectivity index (χ0v) is 10.1. The van der Waals surface area contributed by atoms with Crippen LogP contribution in [0.3, 0.4) is 0 Å². The van der Waals surface area contributed by atoms with Crippen LogP contribution in [-0.2, 0) is 0 Å². The van der Waals surface area contributed by atoms with Crippen molar-refractivity contribution in [3.05, 3.63) is 0 Å². The Balaban J connectivity index is 1.92. The molecule has 2 N–H and O–H groups in total. The summed E-state index contributed by atoms with van der Waals surface area (Å²) in [5.41, 5.74) is 5.94. The van der Waals surface area contributed by atoms with Crippen LogP contribution in [0.4, 0.5) is 0 Å². The molecule has 1 saturated heterocycles. The van der Waals surface area contributed by atoms with E-state index >= 15 is 0 Å². The maximum atomic E-state index is 5.94. The Morgan fingerprint density at radius 2 is 1.93 bits per heavy atom. The van der Waals surface area contributed by atoms with Crippen molar-refractivity contribution in [2.45, 2.75) is 64.0 Å². The Morgan fingerprint density at radius 3 is 2.53 bits per heavy atom. The van der Waals surface area contributed by atoms with Crippen LogP contribution < -0.4 is 5.73 Å². The highest BCUT2D eigenvalue weighted by atomic mass is 15.2. The van der Waals surface area contributed by atoms with Crippen molar-refractivity contribution in [1.29, 1.82) is 0 Å². The molecular weight excluding hydrogens is 184 g/mol. The van der Waals surface area contributed by atoms with E-state index in [1.807, 2.05) is 0 Å². The standard InChI is InChI=1S/C13H26N2/c1-2-11-7-8-15(13(9-11)10-14)12-5-3-4-6-12/h11-13H,2-10,14H2,1H3. The molecule has 0 aromatic rings. The summed E-state index contributed by atoms with van der Waals surface area (Å²) in [6.07, 6.45) is 9.83. The minimum Gasteiger partial charge on any atom is -0.329 e. The number of hydrogen-bond donors (Lipinski definition) is 1. The second-order valence-corrected chi connectivity index (χ2v) is 5.36. The molecule has 1 saturated carbocycles. The highest BCUT2D eigenvalue weighted by Crippen LogP contribution is 2.32. The first kappa shape index (κ1) is 11.4. The average Bonchev–Trinajstić information content (AvgIpc) is 2.81. The van der Waals surface area contributed by atoms with Crippen LogP contribution in [0.5, 0.6) is 0 Å². The van der Waals surface area contributed by atoms with Gasteiger partial charge in [0.25, 0.3) is 0 Å². The maximum Gasteiger partial charge on any atom is 0.0223 e. The number of piperidine rings is 1. The zero-order chi connectivity index (χ0) is 10.7. The first-order valence-corrected chi connectivity index (χ1v) is 6.81. The third-order valence-corrected chi connectivity index (χ3v) is 4.51. The number of nitrogens with zero attached hydrogens (tertiary/aromatic N) is 1. The van der Waals surface area contributed by atoms with E-state index in [0.29, 0.717) is 6.04 Å². The molecule has 0 aromatic carbocycles. The topological polar surface area (TPSA) is 29.3 Å². The first-order valence-electron chi connectivity index (χ1n) is 6.81. The quantitative estimate of drug-likeness (QED) is 0.775. The molecule has 15 heavy (non-hydrogen) atoms. The predicted octanol–water partition coefficient (Wildman–Crippen LogP) is 2.38. The summed E-state index contributed by atoms with van der Waals surface area (Å²) in [6.45, 7) is 4.50. The number of hydrogen-bond acceptors (Lipinski definition) is 2. The van der Waals surface area contributed by atoms with Gasteiger partial charge in [0, 0.05) is 18.6 Å². The van der Waals surface area contributed by atoms with E-state index in [9.17, 15) is 0 Å². The van der Waals surface area contributed by atoms with Gasteiger partial charge < -0.3 is 5.73 Å². The minimum atomic E-state index is 0.687. The average molecular weight is 210 g/mol. The summed E-state index contributed by atoms with van der Waals surface area (Å²) in [5, 5.41) is 0. The van der Waals surface area contributed by atoms with E-state index in [0.717, 1.165) is 18.5 Å². The van der Waals surface area contributed by atoms with Crippen LogP contribution in [0.1, 0.15) is 51.9 Å². The minimum absolute atomic E-state index is 0.687. The fourth-order valence-electron chi connectivity index (χ4n) is 3.47. The van der Waals surface area contributed by atoms with Crippen molar-refractivity contribution in [3.8, 4) is 0 Å². The Kier molecular flexibility index (Phi) is 4.04. The fourth-order valence-corrected chi connectivity index (χ4v) is 3.47. The lowest BCUT2D eigenvalue weighted by atomic mass is 9.87. The third-order valence-electron chi connectivity index (χ3n) is 4.51. The fraction of sp³-hybridized carbons (Fsp3) is 1.00. The van der Waals surface area contributed by atoms with E-state index in [2.05, 4.69) is 11.8 Å². The third kappa shape index (κ3) is 2.54. The highest BCUT2D eigenvalue weighted by molar-refractivity contribution is 4.88. The van der Waals surface area contributed by atoms with Gasteiger partial charge in [-0.25, -0.2) is 0 Å². The molecule has 2 nitrogen and oxygen atoms in total. The van der Waals surface area contributed by atoms with E-state index in [-0.39, 0.29) is 0 Å². The molecule has 1 aliphatic carbocycles. The van der Waals surface area contributed by atoms with Crippen LogP contribution in [-0.4, -0.2) is 30.1 Å². The monoisotopic (exact) mass is 210 g/mol. The molecule has 2 fully saturated rings. The summed E-state index contributed by atoms with van der Waals surface area (Å²) < 4.78 is 0. The molecule has 2 rings (SSSR count). The Labute approximate surface area is 94.2 Å².